The van der Waals surface area contributed by atoms with Gasteiger partial charge in [0.1, 0.15) is 0 Å². The van der Waals surface area contributed by atoms with Gasteiger partial charge in [0.25, 0.3) is 0 Å². The van der Waals surface area contributed by atoms with E-state index in [9.17, 15) is 19.5 Å². The van der Waals surface area contributed by atoms with E-state index in [0.29, 0.717) is 25.7 Å². The molecule has 9 atom stereocenters. The topological polar surface area (TPSA) is 117 Å². The number of fused-ring (bicyclic) bond motifs is 8. The van der Waals surface area contributed by atoms with Crippen LogP contribution in [-0.4, -0.2) is 63.1 Å². The summed E-state index contributed by atoms with van der Waals surface area (Å²) in [5, 5.41) is 17.0. The van der Waals surface area contributed by atoms with E-state index in [-0.39, 0.29) is 66.2 Å². The van der Waals surface area contributed by atoms with Gasteiger partial charge in [-0.3, -0.25) is 19.1 Å². The van der Waals surface area contributed by atoms with Crippen LogP contribution in [0.2, 0.25) is 0 Å². The molecule has 4 saturated carbocycles. The van der Waals surface area contributed by atoms with Crippen LogP contribution in [0, 0.1) is 34.5 Å². The van der Waals surface area contributed by atoms with Crippen LogP contribution < -0.4 is 0 Å². The van der Waals surface area contributed by atoms with Crippen LogP contribution in [0.3, 0.4) is 0 Å². The second-order valence-corrected chi connectivity index (χ2v) is 15.7. The van der Waals surface area contributed by atoms with Crippen molar-refractivity contribution < 1.29 is 33.7 Å². The number of hydrogen-bond acceptors (Lipinski definition) is 8. The van der Waals surface area contributed by atoms with E-state index in [1.54, 1.807) is 4.68 Å². The molecule has 0 amide bonds. The molecule has 1 aromatic heterocycles. The number of aliphatic hydroxyl groups is 1. The van der Waals surface area contributed by atoms with Gasteiger partial charge in [0.2, 0.25) is 5.78 Å². The molecular weight excluding hydrogens is 584 g/mol. The van der Waals surface area contributed by atoms with Crippen LogP contribution >= 0.6 is 0 Å². The zero-order valence-corrected chi connectivity index (χ0v) is 28.1. The lowest BCUT2D eigenvalue weighted by Crippen LogP contribution is -2.64. The van der Waals surface area contributed by atoms with Crippen LogP contribution in [0.25, 0.3) is 6.08 Å². The van der Waals surface area contributed by atoms with Crippen molar-refractivity contribution in [2.45, 2.75) is 142 Å². The summed E-state index contributed by atoms with van der Waals surface area (Å²) in [4.78, 5) is 39.0. The van der Waals surface area contributed by atoms with Crippen LogP contribution in [0.15, 0.2) is 11.8 Å². The van der Waals surface area contributed by atoms with Crippen molar-refractivity contribution in [2.24, 2.45) is 34.5 Å². The summed E-state index contributed by atoms with van der Waals surface area (Å²) < 4.78 is 21.1. The second kappa shape index (κ2) is 12.0. The fourth-order valence-corrected chi connectivity index (χ4v) is 11.0. The minimum Gasteiger partial charge on any atom is -0.458 e. The summed E-state index contributed by atoms with van der Waals surface area (Å²) in [6.45, 7) is 8.21. The highest BCUT2D eigenvalue weighted by molar-refractivity contribution is 5.92. The molecule has 1 saturated heterocycles. The van der Waals surface area contributed by atoms with Gasteiger partial charge >= 0.3 is 5.97 Å². The van der Waals surface area contributed by atoms with Crippen molar-refractivity contribution in [3.63, 3.8) is 0 Å². The number of carbonyl (C=O) groups excluding carboxylic acids is 3. The van der Waals surface area contributed by atoms with E-state index in [1.807, 2.05) is 20.0 Å². The molecule has 6 aliphatic rings. The molecule has 252 valence electrons. The second-order valence-electron chi connectivity index (χ2n) is 15.7. The molecule has 0 radical (unpaired) electrons. The Labute approximate surface area is 272 Å². The molecule has 1 aliphatic heterocycles. The molecular formula is C37H52N2O7. The van der Waals surface area contributed by atoms with Gasteiger partial charge in [-0.25, -0.2) is 0 Å². The molecule has 0 aromatic carbocycles. The summed E-state index contributed by atoms with van der Waals surface area (Å²) in [6, 6.07) is 0. The van der Waals surface area contributed by atoms with Crippen molar-refractivity contribution in [2.75, 3.05) is 6.61 Å². The SMILES string of the molecule is CCCC(=O)OCC(=O)[C@@]12OC(C3CCCCC3)O[C@@H]1C[C@H]1[C@@H]3CCC4=Cc5nn(CC(=O)CC)cc5C[C@]4(C)[C@H]3[C@@H](O)C[C@@]12C. The van der Waals surface area contributed by atoms with E-state index in [4.69, 9.17) is 19.3 Å². The molecule has 2 heterocycles. The van der Waals surface area contributed by atoms with Gasteiger partial charge in [-0.15, -0.1) is 0 Å². The quantitative estimate of drug-likeness (QED) is 0.349. The van der Waals surface area contributed by atoms with E-state index >= 15 is 0 Å². The number of ketones is 2. The maximum Gasteiger partial charge on any atom is 0.306 e. The normalized spacial score (nSPS) is 39.8. The Hall–Kier alpha value is -2.36. The lowest BCUT2D eigenvalue weighted by Gasteiger charge is -2.60. The summed E-state index contributed by atoms with van der Waals surface area (Å²) >= 11 is 0. The van der Waals surface area contributed by atoms with Crippen molar-refractivity contribution in [1.82, 2.24) is 9.78 Å². The molecule has 0 bridgehead atoms. The zero-order valence-electron chi connectivity index (χ0n) is 28.1. The van der Waals surface area contributed by atoms with Gasteiger partial charge in [-0.1, -0.05) is 52.5 Å². The van der Waals surface area contributed by atoms with Crippen molar-refractivity contribution in [3.8, 4) is 0 Å². The van der Waals surface area contributed by atoms with Crippen LogP contribution in [0.1, 0.15) is 116 Å². The Morgan fingerprint density at radius 3 is 2.65 bits per heavy atom. The fourth-order valence-electron chi connectivity index (χ4n) is 11.0. The van der Waals surface area contributed by atoms with Crippen LogP contribution in [0.5, 0.6) is 0 Å². The Morgan fingerprint density at radius 1 is 1.13 bits per heavy atom. The third-order valence-electron chi connectivity index (χ3n) is 13.2. The lowest BCUT2D eigenvalue weighted by atomic mass is 9.45. The van der Waals surface area contributed by atoms with Crippen LogP contribution in [-0.2, 0) is 41.6 Å². The highest BCUT2D eigenvalue weighted by Gasteiger charge is 2.76. The van der Waals surface area contributed by atoms with Gasteiger partial charge in [-0.05, 0) is 86.2 Å². The summed E-state index contributed by atoms with van der Waals surface area (Å²) in [5.41, 5.74) is 1.24. The number of carbonyl (C=O) groups is 3. The first-order valence-corrected chi connectivity index (χ1v) is 18.0. The predicted octanol–water partition coefficient (Wildman–Crippen LogP) is 5.60. The van der Waals surface area contributed by atoms with Gasteiger partial charge in [-0.2, -0.15) is 5.10 Å². The van der Waals surface area contributed by atoms with Crippen molar-refractivity contribution >= 4 is 23.6 Å². The fraction of sp³-hybridized carbons (Fsp3) is 0.784. The predicted molar refractivity (Wildman–Crippen MR) is 170 cm³/mol. The number of ether oxygens (including phenoxy) is 3. The number of allylic oxidation sites excluding steroid dienone is 1. The number of hydrogen-bond donors (Lipinski definition) is 1. The average molecular weight is 637 g/mol. The number of nitrogens with zero attached hydrogens (tertiary/aromatic N) is 2. The maximum atomic E-state index is 14.4. The van der Waals surface area contributed by atoms with Crippen LogP contribution in [0.4, 0.5) is 0 Å². The number of esters is 1. The first-order chi connectivity index (χ1) is 22.0. The van der Waals surface area contributed by atoms with Gasteiger partial charge in [0, 0.05) is 30.4 Å². The minimum atomic E-state index is -1.25. The van der Waals surface area contributed by atoms with E-state index in [1.165, 1.54) is 12.0 Å². The number of Topliss-reactive ketones (excluding diaryl/α,β-unsaturated/α-hetero) is 2. The third-order valence-corrected chi connectivity index (χ3v) is 13.2. The Balaban J connectivity index is 1.19. The maximum absolute atomic E-state index is 14.4. The molecule has 1 N–H and O–H groups in total. The Bertz CT molecular complexity index is 1410. The summed E-state index contributed by atoms with van der Waals surface area (Å²) in [6.07, 6.45) is 13.4. The van der Waals surface area contributed by atoms with Gasteiger partial charge < -0.3 is 19.3 Å². The van der Waals surface area contributed by atoms with E-state index in [0.717, 1.165) is 56.2 Å². The monoisotopic (exact) mass is 636 g/mol. The largest absolute Gasteiger partial charge is 0.458 e. The molecule has 0 spiro atoms. The molecule has 1 unspecified atom stereocenters. The number of aromatic nitrogens is 2. The molecule has 1 aromatic rings. The molecule has 9 nitrogen and oxygen atoms in total. The average Bonchev–Trinajstić information content (AvgIpc) is 3.68. The molecule has 9 heteroatoms. The standard InChI is InChI=1S/C37H52N2O7/c1-5-10-32(43)44-21-30(42)37-31(45-34(46-37)22-11-8-7-9-12-22)16-27-26-14-13-24-15-28-23(19-39(38-28)20-25(40)6-2)17-35(24,3)33(26)29(41)18-36(27,37)4/h15,19,22,26-27,29,31,33-34,41H,5-14,16-18,20-21H2,1-4H3/t26-,27-,29-,31+,33+,34?,35-,36-,37+/m0/s1. The molecule has 5 aliphatic carbocycles. The lowest BCUT2D eigenvalue weighted by molar-refractivity contribution is -0.212. The van der Waals surface area contributed by atoms with E-state index < -0.39 is 29.5 Å². The Kier molecular flexibility index (Phi) is 8.37. The molecule has 5 fully saturated rings. The smallest absolute Gasteiger partial charge is 0.306 e. The summed E-state index contributed by atoms with van der Waals surface area (Å²) in [5.74, 6) is 0.154. The van der Waals surface area contributed by atoms with Crippen molar-refractivity contribution in [3.05, 3.63) is 23.0 Å². The van der Waals surface area contributed by atoms with E-state index in [2.05, 4.69) is 19.9 Å². The molecule has 7 rings (SSSR count). The minimum absolute atomic E-state index is 0.0156. The first kappa shape index (κ1) is 32.2. The highest BCUT2D eigenvalue weighted by atomic mass is 16.7. The van der Waals surface area contributed by atoms with Gasteiger partial charge in [0.15, 0.2) is 24.3 Å². The van der Waals surface area contributed by atoms with Crippen molar-refractivity contribution in [1.29, 1.82) is 0 Å². The first-order valence-electron chi connectivity index (χ1n) is 18.0. The third kappa shape index (κ3) is 4.89. The zero-order chi connectivity index (χ0) is 32.4. The van der Waals surface area contributed by atoms with Gasteiger partial charge in [0.05, 0.1) is 24.4 Å². The number of aliphatic hydroxyl groups excluding tert-OH is 1. The number of rotatable bonds is 9. The molecule has 46 heavy (non-hydrogen) atoms. The summed E-state index contributed by atoms with van der Waals surface area (Å²) in [7, 11) is 0. The Morgan fingerprint density at radius 2 is 1.91 bits per heavy atom. The highest BCUT2D eigenvalue weighted by Crippen LogP contribution is 2.70.